The molecule has 0 heterocycles. The highest BCUT2D eigenvalue weighted by atomic mass is 35.5. The molecular weight excluding hydrogens is 270 g/mol. The largest absolute Gasteiger partial charge is 0.326 e. The summed E-state index contributed by atoms with van der Waals surface area (Å²) in [5.41, 5.74) is 4.22. The lowest BCUT2D eigenvalue weighted by Gasteiger charge is -2.11. The number of rotatable bonds is 4. The van der Waals surface area contributed by atoms with Crippen LogP contribution in [0.25, 0.3) is 0 Å². The first-order chi connectivity index (χ1) is 9.56. The summed E-state index contributed by atoms with van der Waals surface area (Å²) in [5, 5.41) is 3.71. The van der Waals surface area contributed by atoms with Gasteiger partial charge in [-0.05, 0) is 49.1 Å². The van der Waals surface area contributed by atoms with Crippen LogP contribution in [0, 0.1) is 13.8 Å². The van der Waals surface area contributed by atoms with Crippen molar-refractivity contribution in [2.24, 2.45) is 0 Å². The molecule has 2 aromatic carbocycles. The zero-order valence-corrected chi connectivity index (χ0v) is 12.5. The number of carbonyl (C=O) groups is 1. The summed E-state index contributed by atoms with van der Waals surface area (Å²) in [6.45, 7) is 4.00. The fourth-order valence-corrected chi connectivity index (χ4v) is 2.25. The van der Waals surface area contributed by atoms with E-state index < -0.39 is 0 Å². The van der Waals surface area contributed by atoms with Crippen molar-refractivity contribution in [1.29, 1.82) is 0 Å². The van der Waals surface area contributed by atoms with Gasteiger partial charge < -0.3 is 5.32 Å². The van der Waals surface area contributed by atoms with Gasteiger partial charge in [0.1, 0.15) is 0 Å². The molecule has 0 atom stereocenters. The third-order valence-electron chi connectivity index (χ3n) is 3.30. The van der Waals surface area contributed by atoms with Crippen LogP contribution in [-0.4, -0.2) is 5.91 Å². The first-order valence-electron chi connectivity index (χ1n) is 6.67. The molecule has 104 valence electrons. The average Bonchev–Trinajstić information content (AvgIpc) is 2.42. The van der Waals surface area contributed by atoms with Crippen LogP contribution < -0.4 is 5.32 Å². The smallest absolute Gasteiger partial charge is 0.224 e. The highest BCUT2D eigenvalue weighted by Crippen LogP contribution is 2.20. The highest BCUT2D eigenvalue weighted by Gasteiger charge is 2.07. The van der Waals surface area contributed by atoms with Gasteiger partial charge in [-0.15, -0.1) is 0 Å². The van der Waals surface area contributed by atoms with Crippen molar-refractivity contribution >= 4 is 23.2 Å². The number of benzene rings is 2. The number of hydrogen-bond acceptors (Lipinski definition) is 1. The van der Waals surface area contributed by atoms with Crippen LogP contribution >= 0.6 is 11.6 Å². The molecule has 3 heteroatoms. The average molecular weight is 288 g/mol. The fourth-order valence-electron chi connectivity index (χ4n) is 2.12. The van der Waals surface area contributed by atoms with Gasteiger partial charge in [-0.1, -0.05) is 41.9 Å². The van der Waals surface area contributed by atoms with E-state index in [0.717, 1.165) is 22.4 Å². The second-order valence-corrected chi connectivity index (χ2v) is 5.38. The van der Waals surface area contributed by atoms with Gasteiger partial charge in [-0.3, -0.25) is 4.79 Å². The van der Waals surface area contributed by atoms with Crippen LogP contribution in [0.1, 0.15) is 23.1 Å². The minimum Gasteiger partial charge on any atom is -0.326 e. The number of amides is 1. The molecule has 2 nitrogen and oxygen atoms in total. The summed E-state index contributed by atoms with van der Waals surface area (Å²) in [6.07, 6.45) is 1.18. The van der Waals surface area contributed by atoms with Crippen molar-refractivity contribution < 1.29 is 4.79 Å². The van der Waals surface area contributed by atoms with Gasteiger partial charge in [-0.2, -0.15) is 0 Å². The SMILES string of the molecule is Cc1cccc(C)c1NC(=O)CCc1ccc(Cl)cc1. The van der Waals surface area contributed by atoms with Crippen molar-refractivity contribution in [1.82, 2.24) is 0 Å². The molecular formula is C17H18ClNO. The maximum atomic E-state index is 12.0. The Hall–Kier alpha value is -1.80. The molecule has 0 aliphatic rings. The summed E-state index contributed by atoms with van der Waals surface area (Å²) in [5.74, 6) is 0.0392. The van der Waals surface area contributed by atoms with Crippen molar-refractivity contribution in [2.45, 2.75) is 26.7 Å². The van der Waals surface area contributed by atoms with E-state index in [1.165, 1.54) is 0 Å². The van der Waals surface area contributed by atoms with E-state index in [0.29, 0.717) is 17.9 Å². The van der Waals surface area contributed by atoms with Crippen LogP contribution in [0.3, 0.4) is 0 Å². The Labute approximate surface area is 124 Å². The second kappa shape index (κ2) is 6.58. The normalized spacial score (nSPS) is 10.3. The van der Waals surface area contributed by atoms with Crippen LogP contribution in [-0.2, 0) is 11.2 Å². The maximum Gasteiger partial charge on any atom is 0.224 e. The molecule has 20 heavy (non-hydrogen) atoms. The van der Waals surface area contributed by atoms with E-state index >= 15 is 0 Å². The lowest BCUT2D eigenvalue weighted by atomic mass is 10.1. The molecule has 2 aromatic rings. The van der Waals surface area contributed by atoms with Crippen molar-refractivity contribution in [3.63, 3.8) is 0 Å². The van der Waals surface area contributed by atoms with Crippen LogP contribution in [0.5, 0.6) is 0 Å². The van der Waals surface area contributed by atoms with Gasteiger partial charge in [0, 0.05) is 17.1 Å². The van der Waals surface area contributed by atoms with Crippen LogP contribution in [0.4, 0.5) is 5.69 Å². The lowest BCUT2D eigenvalue weighted by molar-refractivity contribution is -0.116. The highest BCUT2D eigenvalue weighted by molar-refractivity contribution is 6.30. The number of halogens is 1. The standard InChI is InChI=1S/C17H18ClNO/c1-12-4-3-5-13(2)17(12)19-16(20)11-8-14-6-9-15(18)10-7-14/h3-7,9-10H,8,11H2,1-2H3,(H,19,20). The molecule has 1 amide bonds. The molecule has 0 bridgehead atoms. The van der Waals surface area contributed by atoms with Gasteiger partial charge >= 0.3 is 0 Å². The zero-order valence-electron chi connectivity index (χ0n) is 11.7. The Balaban J connectivity index is 1.94. The van der Waals surface area contributed by atoms with Crippen molar-refractivity contribution in [3.8, 4) is 0 Å². The number of aryl methyl sites for hydroxylation is 3. The molecule has 0 unspecified atom stereocenters. The van der Waals surface area contributed by atoms with Crippen LogP contribution in [0.2, 0.25) is 5.02 Å². The Morgan fingerprint density at radius 2 is 1.65 bits per heavy atom. The summed E-state index contributed by atoms with van der Waals surface area (Å²) in [4.78, 5) is 12.0. The molecule has 0 saturated carbocycles. The third-order valence-corrected chi connectivity index (χ3v) is 3.55. The topological polar surface area (TPSA) is 29.1 Å². The number of hydrogen-bond donors (Lipinski definition) is 1. The van der Waals surface area contributed by atoms with Gasteiger partial charge in [0.05, 0.1) is 0 Å². The molecule has 2 rings (SSSR count). The maximum absolute atomic E-state index is 12.0. The number of anilines is 1. The van der Waals surface area contributed by atoms with Gasteiger partial charge in [0.15, 0.2) is 0 Å². The molecule has 1 N–H and O–H groups in total. The van der Waals surface area contributed by atoms with Gasteiger partial charge in [0.2, 0.25) is 5.91 Å². The summed E-state index contributed by atoms with van der Waals surface area (Å²) in [7, 11) is 0. The first kappa shape index (κ1) is 14.6. The van der Waals surface area contributed by atoms with E-state index in [1.54, 1.807) is 0 Å². The summed E-state index contributed by atoms with van der Waals surface area (Å²) in [6, 6.07) is 13.6. The number of nitrogens with one attached hydrogen (secondary N) is 1. The molecule has 0 aliphatic heterocycles. The minimum absolute atomic E-state index is 0.0392. The monoisotopic (exact) mass is 287 g/mol. The molecule has 0 radical (unpaired) electrons. The first-order valence-corrected chi connectivity index (χ1v) is 7.04. The molecule has 0 aromatic heterocycles. The zero-order chi connectivity index (χ0) is 14.5. The van der Waals surface area contributed by atoms with Crippen LogP contribution in [0.15, 0.2) is 42.5 Å². The summed E-state index contributed by atoms with van der Waals surface area (Å²) >= 11 is 5.84. The quantitative estimate of drug-likeness (QED) is 0.879. The molecule has 0 fully saturated rings. The van der Waals surface area contributed by atoms with Crippen molar-refractivity contribution in [3.05, 3.63) is 64.2 Å². The van der Waals surface area contributed by atoms with Gasteiger partial charge in [0.25, 0.3) is 0 Å². The number of carbonyl (C=O) groups excluding carboxylic acids is 1. The second-order valence-electron chi connectivity index (χ2n) is 4.94. The predicted octanol–water partition coefficient (Wildman–Crippen LogP) is 4.53. The van der Waals surface area contributed by atoms with E-state index in [2.05, 4.69) is 5.32 Å². The molecule has 0 aliphatic carbocycles. The van der Waals surface area contributed by atoms with Crippen molar-refractivity contribution in [2.75, 3.05) is 5.32 Å². The van der Waals surface area contributed by atoms with E-state index in [9.17, 15) is 4.79 Å². The van der Waals surface area contributed by atoms with E-state index in [4.69, 9.17) is 11.6 Å². The Morgan fingerprint density at radius 3 is 2.25 bits per heavy atom. The number of para-hydroxylation sites is 1. The third kappa shape index (κ3) is 3.84. The minimum atomic E-state index is 0.0392. The Morgan fingerprint density at radius 1 is 1.05 bits per heavy atom. The fraction of sp³-hybridized carbons (Fsp3) is 0.235. The Bertz CT molecular complexity index is 585. The van der Waals surface area contributed by atoms with E-state index in [-0.39, 0.29) is 5.91 Å². The Kier molecular flexibility index (Phi) is 4.80. The summed E-state index contributed by atoms with van der Waals surface area (Å²) < 4.78 is 0. The lowest BCUT2D eigenvalue weighted by Crippen LogP contribution is -2.14. The predicted molar refractivity (Wildman–Crippen MR) is 84.3 cm³/mol. The van der Waals surface area contributed by atoms with E-state index in [1.807, 2.05) is 56.3 Å². The molecule has 0 saturated heterocycles. The molecule has 0 spiro atoms. The van der Waals surface area contributed by atoms with Gasteiger partial charge in [-0.25, -0.2) is 0 Å².